The Balaban J connectivity index is -0.0000000000758. The average molecular weight is 307 g/mol. The summed E-state index contributed by atoms with van der Waals surface area (Å²) < 4.78 is 8.19. The molecular weight excluding hydrogens is 295 g/mol. The van der Waals surface area contributed by atoms with Gasteiger partial charge >= 0.3 is 21.0 Å². The SMILES string of the molecule is F.F.F.F.F.F.F.F.F.F.F.F.[O]=[V]. The molecule has 14 heteroatoms. The monoisotopic (exact) mass is 307 g/mol. The fourth-order valence-electron chi connectivity index (χ4n) is 0. The third kappa shape index (κ3) is 6180. The molecule has 0 bridgehead atoms. The van der Waals surface area contributed by atoms with E-state index in [-0.39, 0.29) is 56.5 Å². The van der Waals surface area contributed by atoms with Crippen molar-refractivity contribution in [2.24, 2.45) is 0 Å². The molecule has 107 valence electrons. The van der Waals surface area contributed by atoms with Crippen LogP contribution in [0.3, 0.4) is 0 Å². The molecule has 0 rings (SSSR count). The first kappa shape index (κ1) is 7190. The van der Waals surface area contributed by atoms with Crippen molar-refractivity contribution < 1.29 is 77.5 Å². The zero-order chi connectivity index (χ0) is 2.00. The molecule has 0 aliphatic carbocycles. The van der Waals surface area contributed by atoms with Crippen molar-refractivity contribution in [2.45, 2.75) is 0 Å². The van der Waals surface area contributed by atoms with Crippen LogP contribution in [-0.2, 0) is 21.0 Å². The molecule has 0 saturated carbocycles. The Morgan fingerprint density at radius 2 is 0.286 bits per heavy atom. The van der Waals surface area contributed by atoms with Gasteiger partial charge < -0.3 is 0 Å². The van der Waals surface area contributed by atoms with E-state index >= 15 is 0 Å². The van der Waals surface area contributed by atoms with Crippen molar-refractivity contribution >= 4 is 0 Å². The summed E-state index contributed by atoms with van der Waals surface area (Å²) in [5.41, 5.74) is 0. The van der Waals surface area contributed by atoms with E-state index in [2.05, 4.69) is 0 Å². The van der Waals surface area contributed by atoms with E-state index in [4.69, 9.17) is 3.67 Å². The van der Waals surface area contributed by atoms with Crippen molar-refractivity contribution in [3.63, 3.8) is 0 Å². The van der Waals surface area contributed by atoms with Gasteiger partial charge in [-0.2, -0.15) is 0 Å². The molecule has 0 aromatic heterocycles. The van der Waals surface area contributed by atoms with Gasteiger partial charge in [0.05, 0.1) is 0 Å². The molecule has 0 saturated heterocycles. The van der Waals surface area contributed by atoms with Crippen LogP contribution in [0.4, 0.5) is 56.5 Å². The predicted molar refractivity (Wildman–Crippen MR) is 30.7 cm³/mol. The van der Waals surface area contributed by atoms with Crippen molar-refractivity contribution in [2.75, 3.05) is 0 Å². The van der Waals surface area contributed by atoms with E-state index in [0.29, 0.717) is 0 Å². The van der Waals surface area contributed by atoms with E-state index in [1.54, 1.807) is 0 Å². The number of hydrogen-bond acceptors (Lipinski definition) is 1. The third-order valence-corrected chi connectivity index (χ3v) is 0. The van der Waals surface area contributed by atoms with Gasteiger partial charge in [0, 0.05) is 0 Å². The summed E-state index contributed by atoms with van der Waals surface area (Å²) in [4.78, 5) is 0. The van der Waals surface area contributed by atoms with Crippen LogP contribution in [0.5, 0.6) is 0 Å². The van der Waals surface area contributed by atoms with Crippen LogP contribution in [0.15, 0.2) is 0 Å². The molecule has 0 atom stereocenters. The summed E-state index contributed by atoms with van der Waals surface area (Å²) >= 11 is 1.06. The molecule has 0 aromatic rings. The molecule has 0 amide bonds. The number of rotatable bonds is 0. The Morgan fingerprint density at radius 1 is 0.286 bits per heavy atom. The Bertz CT molecular complexity index is 10.3. The van der Waals surface area contributed by atoms with Gasteiger partial charge in [-0.25, -0.2) is 0 Å². The van der Waals surface area contributed by atoms with Crippen molar-refractivity contribution in [1.82, 2.24) is 0 Å². The van der Waals surface area contributed by atoms with Crippen LogP contribution in [0.1, 0.15) is 0 Å². The van der Waals surface area contributed by atoms with Crippen molar-refractivity contribution in [3.8, 4) is 0 Å². The van der Waals surface area contributed by atoms with Crippen LogP contribution in [0.25, 0.3) is 0 Å². The molecule has 0 heterocycles. The first-order chi connectivity index (χ1) is 1.00. The van der Waals surface area contributed by atoms with Crippen LogP contribution < -0.4 is 0 Å². The van der Waals surface area contributed by atoms with Gasteiger partial charge in [-0.05, 0) is 0 Å². The van der Waals surface area contributed by atoms with Gasteiger partial charge in [-0.3, -0.25) is 56.5 Å². The molecule has 0 fully saturated rings. The van der Waals surface area contributed by atoms with Crippen molar-refractivity contribution in [1.29, 1.82) is 0 Å². The maximum atomic E-state index is 8.19. The number of hydrogen-bond donors (Lipinski definition) is 0. The van der Waals surface area contributed by atoms with E-state index in [1.165, 1.54) is 0 Å². The minimum atomic E-state index is 0. The maximum absolute atomic E-state index is 8.19. The summed E-state index contributed by atoms with van der Waals surface area (Å²) in [7, 11) is 0. The fraction of sp³-hybridized carbons (Fsp3) is 0. The van der Waals surface area contributed by atoms with E-state index in [1.807, 2.05) is 0 Å². The zero-order valence-electron chi connectivity index (χ0n) is 5.75. The molecule has 0 unspecified atom stereocenters. The van der Waals surface area contributed by atoms with Crippen LogP contribution >= 0.6 is 0 Å². The summed E-state index contributed by atoms with van der Waals surface area (Å²) in [5, 5.41) is 0. The Morgan fingerprint density at radius 3 is 0.286 bits per heavy atom. The second-order valence-electron chi connectivity index (χ2n) is 0. The molecule has 1 nitrogen and oxygen atoms in total. The van der Waals surface area contributed by atoms with Crippen LogP contribution in [0, 0.1) is 0 Å². The van der Waals surface area contributed by atoms with Gasteiger partial charge in [0.15, 0.2) is 0 Å². The predicted octanol–water partition coefficient (Wildman–Crippen LogP) is 1.71. The van der Waals surface area contributed by atoms with Gasteiger partial charge in [0.2, 0.25) is 0 Å². The van der Waals surface area contributed by atoms with Gasteiger partial charge in [0.25, 0.3) is 0 Å². The normalized spacial score (nSPS) is 0.214. The summed E-state index contributed by atoms with van der Waals surface area (Å²) in [5.74, 6) is 0. The van der Waals surface area contributed by atoms with E-state index in [0.717, 1.165) is 17.4 Å². The molecule has 0 aliphatic rings. The van der Waals surface area contributed by atoms with E-state index in [9.17, 15) is 0 Å². The second-order valence-corrected chi connectivity index (χ2v) is 0. The topological polar surface area (TPSA) is 17.1 Å². The average Bonchev–Trinajstić information content (AvgIpc) is 1.00. The van der Waals surface area contributed by atoms with E-state index < -0.39 is 0 Å². The first-order valence-electron chi connectivity index (χ1n) is 0.183. The molecule has 14 heavy (non-hydrogen) atoms. The van der Waals surface area contributed by atoms with Crippen LogP contribution in [-0.4, -0.2) is 0 Å². The molecule has 0 aliphatic heterocycles. The van der Waals surface area contributed by atoms with Crippen molar-refractivity contribution in [3.05, 3.63) is 0 Å². The minimum absolute atomic E-state index is 0. The van der Waals surface area contributed by atoms with Gasteiger partial charge in [-0.1, -0.05) is 0 Å². The standard InChI is InChI=1S/12FH.O.V/h12*1H;;. The summed E-state index contributed by atoms with van der Waals surface area (Å²) in [6, 6.07) is 0. The Labute approximate surface area is 78.6 Å². The molecular formula is H12F12OV. The second kappa shape index (κ2) is 8050. The molecule has 0 radical (unpaired) electrons. The first-order valence-corrected chi connectivity index (χ1v) is 0.753. The summed E-state index contributed by atoms with van der Waals surface area (Å²) in [6.45, 7) is 0. The summed E-state index contributed by atoms with van der Waals surface area (Å²) in [6.07, 6.45) is 0. The zero-order valence-corrected chi connectivity index (χ0v) is 7.15. The molecule has 0 aromatic carbocycles. The van der Waals surface area contributed by atoms with Gasteiger partial charge in [-0.15, -0.1) is 0 Å². The quantitative estimate of drug-likeness (QED) is 0.623. The van der Waals surface area contributed by atoms with Gasteiger partial charge in [0.1, 0.15) is 0 Å². The number of halogens is 12. The Kier molecular flexibility index (Phi) is 4140000. The molecule has 0 spiro atoms. The molecule has 0 N–H and O–H groups in total. The Hall–Kier alpha value is -0.456. The third-order valence-electron chi connectivity index (χ3n) is 0. The fourth-order valence-corrected chi connectivity index (χ4v) is 0. The van der Waals surface area contributed by atoms with Crippen LogP contribution in [0.2, 0.25) is 0 Å².